The van der Waals surface area contributed by atoms with Crippen LogP contribution in [-0.4, -0.2) is 57.4 Å². The molecule has 1 atom stereocenters. The topological polar surface area (TPSA) is 73.7 Å². The van der Waals surface area contributed by atoms with E-state index in [4.69, 9.17) is 10.1 Å². The molecule has 146 valence electrons. The van der Waals surface area contributed by atoms with Crippen molar-refractivity contribution in [3.05, 3.63) is 16.1 Å². The molecule has 1 amide bonds. The number of carboxylic acid groups (broad SMARTS) is 1. The zero-order valence-corrected chi connectivity index (χ0v) is 16.9. The number of carboxylic acids is 1. The Bertz CT molecular complexity index is 603. The molecule has 1 aliphatic rings. The minimum atomic E-state index is -0.947. The Morgan fingerprint density at radius 2 is 2.15 bits per heavy atom. The summed E-state index contributed by atoms with van der Waals surface area (Å²) in [5.41, 5.74) is 1.13. The first-order valence-corrected chi connectivity index (χ1v) is 10.4. The maximum absolute atomic E-state index is 11.8. The number of aryl methyl sites for hydroxylation is 1. The summed E-state index contributed by atoms with van der Waals surface area (Å²) in [4.78, 5) is 31.5. The minimum absolute atomic E-state index is 0.0191. The van der Waals surface area contributed by atoms with Crippen LogP contribution in [0.15, 0.2) is 5.38 Å². The molecule has 2 heterocycles. The van der Waals surface area contributed by atoms with Crippen LogP contribution >= 0.6 is 11.3 Å². The molecule has 1 fully saturated rings. The van der Waals surface area contributed by atoms with Gasteiger partial charge in [0.25, 0.3) is 0 Å². The van der Waals surface area contributed by atoms with E-state index in [9.17, 15) is 9.59 Å². The van der Waals surface area contributed by atoms with Gasteiger partial charge in [-0.05, 0) is 44.6 Å². The average molecular weight is 382 g/mol. The van der Waals surface area contributed by atoms with Crippen LogP contribution in [0.25, 0.3) is 0 Å². The molecule has 2 rings (SSSR count). The summed E-state index contributed by atoms with van der Waals surface area (Å²) in [5.74, 6) is -0.405. The highest BCUT2D eigenvalue weighted by Gasteiger charge is 2.26. The number of carbonyl (C=O) groups is 2. The molecule has 0 radical (unpaired) electrons. The van der Waals surface area contributed by atoms with Crippen LogP contribution in [0.2, 0.25) is 0 Å². The Labute approximate surface area is 160 Å². The maximum atomic E-state index is 11.8. The lowest BCUT2D eigenvalue weighted by molar-refractivity contribution is -0.145. The van der Waals surface area contributed by atoms with Crippen molar-refractivity contribution in [2.75, 3.05) is 19.6 Å². The van der Waals surface area contributed by atoms with Crippen molar-refractivity contribution >= 4 is 23.2 Å². The first-order chi connectivity index (χ1) is 12.3. The van der Waals surface area contributed by atoms with E-state index in [1.54, 1.807) is 11.3 Å². The van der Waals surface area contributed by atoms with E-state index in [1.165, 1.54) is 23.3 Å². The first-order valence-electron chi connectivity index (χ1n) is 9.49. The average Bonchev–Trinajstić information content (AvgIpc) is 2.88. The predicted molar refractivity (Wildman–Crippen MR) is 103 cm³/mol. The minimum Gasteiger partial charge on any atom is -0.480 e. The number of hydrogen-bond donors (Lipinski definition) is 1. The normalized spacial score (nSPS) is 18.7. The van der Waals surface area contributed by atoms with Gasteiger partial charge in [0.1, 0.15) is 6.54 Å². The van der Waals surface area contributed by atoms with Gasteiger partial charge in [0.05, 0.1) is 10.7 Å². The van der Waals surface area contributed by atoms with Gasteiger partial charge in [-0.15, -0.1) is 11.3 Å². The van der Waals surface area contributed by atoms with E-state index in [1.807, 2.05) is 0 Å². The highest BCUT2D eigenvalue weighted by Crippen LogP contribution is 2.20. The Balaban J connectivity index is 1.88. The lowest BCUT2D eigenvalue weighted by atomic mass is 10.1. The number of likely N-dealkylation sites (tertiary alicyclic amines) is 1. The largest absolute Gasteiger partial charge is 0.480 e. The number of nitrogens with zero attached hydrogens (tertiary/aromatic N) is 3. The Hall–Kier alpha value is -1.47. The fraction of sp³-hybridized carbons (Fsp3) is 0.737. The van der Waals surface area contributed by atoms with Crippen LogP contribution in [0.4, 0.5) is 0 Å². The quantitative estimate of drug-likeness (QED) is 0.749. The summed E-state index contributed by atoms with van der Waals surface area (Å²) in [5, 5.41) is 12.4. The third-order valence-corrected chi connectivity index (χ3v) is 5.82. The second-order valence-corrected chi connectivity index (χ2v) is 8.51. The number of aromatic nitrogens is 1. The molecule has 0 bridgehead atoms. The van der Waals surface area contributed by atoms with E-state index >= 15 is 0 Å². The van der Waals surface area contributed by atoms with Crippen LogP contribution < -0.4 is 0 Å². The van der Waals surface area contributed by atoms with Gasteiger partial charge in [0.2, 0.25) is 5.91 Å². The van der Waals surface area contributed by atoms with Crippen molar-refractivity contribution < 1.29 is 14.7 Å². The highest BCUT2D eigenvalue weighted by molar-refractivity contribution is 7.09. The summed E-state index contributed by atoms with van der Waals surface area (Å²) >= 11 is 1.75. The third-order valence-electron chi connectivity index (χ3n) is 4.86. The van der Waals surface area contributed by atoms with Crippen LogP contribution in [0, 0.1) is 5.92 Å². The van der Waals surface area contributed by atoms with Gasteiger partial charge in [0, 0.05) is 31.4 Å². The van der Waals surface area contributed by atoms with Crippen LogP contribution in [-0.2, 0) is 22.6 Å². The fourth-order valence-electron chi connectivity index (χ4n) is 3.43. The Morgan fingerprint density at radius 1 is 1.38 bits per heavy atom. The molecule has 1 saturated heterocycles. The molecule has 26 heavy (non-hydrogen) atoms. The molecule has 1 unspecified atom stereocenters. The van der Waals surface area contributed by atoms with Crippen LogP contribution in [0.3, 0.4) is 0 Å². The smallest absolute Gasteiger partial charge is 0.323 e. The van der Waals surface area contributed by atoms with Crippen LogP contribution in [0.5, 0.6) is 0 Å². The third kappa shape index (κ3) is 6.68. The van der Waals surface area contributed by atoms with E-state index in [-0.39, 0.29) is 18.5 Å². The molecule has 0 aliphatic carbocycles. The standard InChI is InChI=1S/C19H31N3O3S/c1-14(2)6-7-18-20-16(13-26-18)11-21-9-4-5-17(8-10-21)22(15(3)23)12-19(24)25/h13-14,17H,4-12H2,1-3H3,(H,24,25). The van der Waals surface area contributed by atoms with Gasteiger partial charge >= 0.3 is 5.97 Å². The molecular weight excluding hydrogens is 350 g/mol. The molecule has 1 aliphatic heterocycles. The van der Waals surface area contributed by atoms with Crippen molar-refractivity contribution in [2.45, 2.75) is 65.5 Å². The second-order valence-electron chi connectivity index (χ2n) is 7.57. The van der Waals surface area contributed by atoms with Gasteiger partial charge in [-0.2, -0.15) is 0 Å². The summed E-state index contributed by atoms with van der Waals surface area (Å²) in [6, 6.07) is 0.0191. The van der Waals surface area contributed by atoms with Crippen molar-refractivity contribution in [3.63, 3.8) is 0 Å². The maximum Gasteiger partial charge on any atom is 0.323 e. The van der Waals surface area contributed by atoms with E-state index in [0.29, 0.717) is 5.92 Å². The van der Waals surface area contributed by atoms with Crippen molar-refractivity contribution in [3.8, 4) is 0 Å². The summed E-state index contributed by atoms with van der Waals surface area (Å²) in [6.45, 7) is 8.39. The lowest BCUT2D eigenvalue weighted by Gasteiger charge is -2.28. The van der Waals surface area contributed by atoms with Crippen molar-refractivity contribution in [2.24, 2.45) is 5.92 Å². The fourth-order valence-corrected chi connectivity index (χ4v) is 4.23. The molecule has 0 spiro atoms. The monoisotopic (exact) mass is 381 g/mol. The number of rotatable bonds is 8. The summed E-state index contributed by atoms with van der Waals surface area (Å²) in [7, 11) is 0. The number of amides is 1. The van der Waals surface area contributed by atoms with E-state index in [2.05, 4.69) is 24.1 Å². The number of thiazole rings is 1. The molecule has 1 N–H and O–H groups in total. The second kappa shape index (κ2) is 10.0. The molecule has 1 aromatic rings. The molecule has 0 saturated carbocycles. The zero-order valence-electron chi connectivity index (χ0n) is 16.1. The Morgan fingerprint density at radius 3 is 2.81 bits per heavy atom. The summed E-state index contributed by atoms with van der Waals surface area (Å²) in [6.07, 6.45) is 4.87. The van der Waals surface area contributed by atoms with Crippen LogP contribution in [0.1, 0.15) is 57.2 Å². The number of carbonyl (C=O) groups excluding carboxylic acids is 1. The van der Waals surface area contributed by atoms with Crippen molar-refractivity contribution in [1.29, 1.82) is 0 Å². The van der Waals surface area contributed by atoms with Gasteiger partial charge in [-0.3, -0.25) is 14.5 Å². The summed E-state index contributed by atoms with van der Waals surface area (Å²) < 4.78 is 0. The SMILES string of the molecule is CC(=O)N(CC(=O)O)C1CCCN(Cc2csc(CCC(C)C)n2)CC1. The van der Waals surface area contributed by atoms with Gasteiger partial charge in [-0.1, -0.05) is 13.8 Å². The van der Waals surface area contributed by atoms with E-state index in [0.717, 1.165) is 51.0 Å². The van der Waals surface area contributed by atoms with E-state index < -0.39 is 5.97 Å². The predicted octanol–water partition coefficient (Wildman–Crippen LogP) is 3.02. The Kier molecular flexibility index (Phi) is 8.03. The highest BCUT2D eigenvalue weighted by atomic mass is 32.1. The lowest BCUT2D eigenvalue weighted by Crippen LogP contribution is -2.42. The molecule has 0 aromatic carbocycles. The molecule has 1 aromatic heterocycles. The first kappa shape index (κ1) is 20.8. The molecule has 7 heteroatoms. The number of hydrogen-bond acceptors (Lipinski definition) is 5. The number of aliphatic carboxylic acids is 1. The zero-order chi connectivity index (χ0) is 19.1. The van der Waals surface area contributed by atoms with Crippen molar-refractivity contribution in [1.82, 2.24) is 14.8 Å². The van der Waals surface area contributed by atoms with Gasteiger partial charge < -0.3 is 10.0 Å². The molecular formula is C19H31N3O3S. The molecule has 6 nitrogen and oxygen atoms in total. The van der Waals surface area contributed by atoms with Gasteiger partial charge in [-0.25, -0.2) is 4.98 Å². The van der Waals surface area contributed by atoms with Gasteiger partial charge in [0.15, 0.2) is 0 Å².